The molecule has 0 spiro atoms. The number of hydrogen-bond donors (Lipinski definition) is 0. The first-order valence-corrected chi connectivity index (χ1v) is 9.24. The van der Waals surface area contributed by atoms with Crippen molar-refractivity contribution < 1.29 is 9.59 Å². The Labute approximate surface area is 154 Å². The molecule has 0 aromatic heterocycles. The van der Waals surface area contributed by atoms with E-state index in [2.05, 4.69) is 19.9 Å². The summed E-state index contributed by atoms with van der Waals surface area (Å²) < 4.78 is 0. The Balaban J connectivity index is 1.57. The minimum absolute atomic E-state index is 0.0340. The lowest BCUT2D eigenvalue weighted by molar-refractivity contribution is -0.124. The molecule has 0 bridgehead atoms. The molecular weight excluding hydrogens is 324 g/mol. The Kier molecular flexibility index (Phi) is 4.06. The first kappa shape index (κ1) is 16.8. The van der Waals surface area contributed by atoms with E-state index >= 15 is 0 Å². The van der Waals surface area contributed by atoms with Crippen molar-refractivity contribution in [2.75, 3.05) is 16.3 Å². The van der Waals surface area contributed by atoms with Crippen molar-refractivity contribution in [3.63, 3.8) is 0 Å². The van der Waals surface area contributed by atoms with Crippen LogP contribution in [0.3, 0.4) is 0 Å². The van der Waals surface area contributed by atoms with Crippen LogP contribution < -0.4 is 9.80 Å². The van der Waals surface area contributed by atoms with Gasteiger partial charge in [-0.15, -0.1) is 0 Å². The summed E-state index contributed by atoms with van der Waals surface area (Å²) in [6.45, 7) is 6.65. The number of amides is 2. The number of hydrogen-bond acceptors (Lipinski definition) is 2. The van der Waals surface area contributed by atoms with Gasteiger partial charge in [0.05, 0.1) is 5.92 Å². The Morgan fingerprint density at radius 2 is 1.81 bits per heavy atom. The lowest BCUT2D eigenvalue weighted by Gasteiger charge is -2.26. The molecule has 2 amide bonds. The van der Waals surface area contributed by atoms with Gasteiger partial charge in [0.25, 0.3) is 0 Å². The summed E-state index contributed by atoms with van der Waals surface area (Å²) in [5.74, 6) is -0.174. The van der Waals surface area contributed by atoms with E-state index in [1.807, 2.05) is 48.2 Å². The molecule has 0 radical (unpaired) electrons. The molecule has 2 aromatic carbocycles. The molecule has 134 valence electrons. The van der Waals surface area contributed by atoms with Crippen LogP contribution in [0.1, 0.15) is 30.0 Å². The zero-order chi connectivity index (χ0) is 18.4. The minimum atomic E-state index is -0.280. The molecule has 1 saturated heterocycles. The van der Waals surface area contributed by atoms with E-state index in [4.69, 9.17) is 0 Å². The van der Waals surface area contributed by atoms with Crippen LogP contribution in [0.5, 0.6) is 0 Å². The van der Waals surface area contributed by atoms with Crippen LogP contribution in [0.2, 0.25) is 0 Å². The van der Waals surface area contributed by atoms with E-state index in [1.54, 1.807) is 4.90 Å². The van der Waals surface area contributed by atoms with Crippen molar-refractivity contribution in [2.45, 2.75) is 39.7 Å². The van der Waals surface area contributed by atoms with Crippen LogP contribution in [0.25, 0.3) is 0 Å². The second kappa shape index (κ2) is 6.27. The van der Waals surface area contributed by atoms with Gasteiger partial charge in [-0.1, -0.05) is 24.3 Å². The van der Waals surface area contributed by atoms with Crippen LogP contribution >= 0.6 is 0 Å². The average molecular weight is 348 g/mol. The molecule has 2 aliphatic heterocycles. The number of anilines is 2. The number of fused-ring (bicyclic) bond motifs is 1. The largest absolute Gasteiger partial charge is 0.312 e. The third-order valence-electron chi connectivity index (χ3n) is 5.72. The van der Waals surface area contributed by atoms with E-state index in [0.717, 1.165) is 23.4 Å². The Morgan fingerprint density at radius 1 is 1.04 bits per heavy atom. The number of aryl methyl sites for hydroxylation is 2. The molecule has 4 heteroatoms. The zero-order valence-corrected chi connectivity index (χ0v) is 15.5. The van der Waals surface area contributed by atoms with Crippen molar-refractivity contribution >= 4 is 23.2 Å². The zero-order valence-electron chi connectivity index (χ0n) is 15.5. The minimum Gasteiger partial charge on any atom is -0.312 e. The van der Waals surface area contributed by atoms with Gasteiger partial charge in [0.1, 0.15) is 0 Å². The van der Waals surface area contributed by atoms with E-state index in [9.17, 15) is 9.59 Å². The van der Waals surface area contributed by atoms with E-state index in [-0.39, 0.29) is 30.2 Å². The molecule has 2 aromatic rings. The van der Waals surface area contributed by atoms with Crippen LogP contribution in [-0.2, 0) is 16.0 Å². The highest BCUT2D eigenvalue weighted by Crippen LogP contribution is 2.35. The lowest BCUT2D eigenvalue weighted by Crippen LogP contribution is -2.41. The molecule has 2 heterocycles. The topological polar surface area (TPSA) is 40.6 Å². The molecule has 0 saturated carbocycles. The van der Waals surface area contributed by atoms with Crippen molar-refractivity contribution in [3.05, 3.63) is 59.2 Å². The van der Waals surface area contributed by atoms with Crippen LogP contribution in [0.15, 0.2) is 42.5 Å². The van der Waals surface area contributed by atoms with Gasteiger partial charge in [-0.05, 0) is 62.1 Å². The van der Waals surface area contributed by atoms with Crippen molar-refractivity contribution in [3.8, 4) is 0 Å². The van der Waals surface area contributed by atoms with Gasteiger partial charge in [-0.3, -0.25) is 9.59 Å². The molecule has 2 aliphatic rings. The second-order valence-corrected chi connectivity index (χ2v) is 7.56. The molecule has 1 fully saturated rings. The molecule has 4 nitrogen and oxygen atoms in total. The fourth-order valence-corrected chi connectivity index (χ4v) is 4.11. The monoisotopic (exact) mass is 348 g/mol. The van der Waals surface area contributed by atoms with Crippen molar-refractivity contribution in [2.24, 2.45) is 5.92 Å². The van der Waals surface area contributed by atoms with Gasteiger partial charge < -0.3 is 9.80 Å². The predicted octanol–water partition coefficient (Wildman–Crippen LogP) is 3.63. The molecule has 4 rings (SSSR count). The molecule has 2 atom stereocenters. The maximum absolute atomic E-state index is 13.2. The first-order valence-electron chi connectivity index (χ1n) is 9.24. The number of nitrogens with zero attached hydrogens (tertiary/aromatic N) is 2. The molecule has 0 aliphatic carbocycles. The highest BCUT2D eigenvalue weighted by molar-refractivity contribution is 6.05. The summed E-state index contributed by atoms with van der Waals surface area (Å²) in [6.07, 6.45) is 1.17. The average Bonchev–Trinajstić information content (AvgIpc) is 3.16. The number of benzene rings is 2. The molecule has 0 N–H and O–H groups in total. The van der Waals surface area contributed by atoms with E-state index in [0.29, 0.717) is 6.54 Å². The predicted molar refractivity (Wildman–Crippen MR) is 103 cm³/mol. The van der Waals surface area contributed by atoms with Gasteiger partial charge in [0.2, 0.25) is 11.8 Å². The smallest absolute Gasteiger partial charge is 0.232 e. The fraction of sp³-hybridized carbons (Fsp3) is 0.364. The van der Waals surface area contributed by atoms with Gasteiger partial charge in [0, 0.05) is 30.4 Å². The number of rotatable bonds is 2. The molecule has 26 heavy (non-hydrogen) atoms. The summed E-state index contributed by atoms with van der Waals surface area (Å²) in [6, 6.07) is 14.3. The third-order valence-corrected chi connectivity index (χ3v) is 5.72. The number of carbonyl (C=O) groups is 2. The lowest BCUT2D eigenvalue weighted by atomic mass is 10.1. The van der Waals surface area contributed by atoms with Crippen molar-refractivity contribution in [1.29, 1.82) is 0 Å². The number of para-hydroxylation sites is 1. The Hall–Kier alpha value is -2.62. The number of carbonyl (C=O) groups excluding carboxylic acids is 2. The Morgan fingerprint density at radius 3 is 2.58 bits per heavy atom. The van der Waals surface area contributed by atoms with Gasteiger partial charge in [0.15, 0.2) is 0 Å². The standard InChI is InChI=1S/C22H24N2O2/c1-14-8-9-19(10-15(14)2)23-13-18(12-21(23)25)22(26)24-16(3)11-17-6-4-5-7-20(17)24/h4-10,16,18H,11-13H2,1-3H3/t16-,18-/m0/s1. The summed E-state index contributed by atoms with van der Waals surface area (Å²) in [7, 11) is 0. The summed E-state index contributed by atoms with van der Waals surface area (Å²) in [4.78, 5) is 29.5. The van der Waals surface area contributed by atoms with Crippen molar-refractivity contribution in [1.82, 2.24) is 0 Å². The summed E-state index contributed by atoms with van der Waals surface area (Å²) in [5, 5.41) is 0. The van der Waals surface area contributed by atoms with Gasteiger partial charge in [-0.25, -0.2) is 0 Å². The summed E-state index contributed by atoms with van der Waals surface area (Å²) >= 11 is 0. The van der Waals surface area contributed by atoms with Crippen LogP contribution in [0.4, 0.5) is 11.4 Å². The SMILES string of the molecule is Cc1ccc(N2C[C@@H](C(=O)N3c4ccccc4C[C@@H]3C)CC2=O)cc1C. The summed E-state index contributed by atoms with van der Waals surface area (Å²) in [5.41, 5.74) is 5.47. The molecular formula is C22H24N2O2. The maximum Gasteiger partial charge on any atom is 0.232 e. The first-order chi connectivity index (χ1) is 12.5. The Bertz CT molecular complexity index is 889. The maximum atomic E-state index is 13.2. The van der Waals surface area contributed by atoms with E-state index in [1.165, 1.54) is 11.1 Å². The highest BCUT2D eigenvalue weighted by atomic mass is 16.2. The van der Waals surface area contributed by atoms with Gasteiger partial charge >= 0.3 is 0 Å². The highest BCUT2D eigenvalue weighted by Gasteiger charge is 2.41. The second-order valence-electron chi connectivity index (χ2n) is 7.56. The quantitative estimate of drug-likeness (QED) is 0.831. The van der Waals surface area contributed by atoms with Crippen LogP contribution in [-0.4, -0.2) is 24.4 Å². The third kappa shape index (κ3) is 2.70. The van der Waals surface area contributed by atoms with Crippen LogP contribution in [0, 0.1) is 19.8 Å². The van der Waals surface area contributed by atoms with E-state index < -0.39 is 0 Å². The fourth-order valence-electron chi connectivity index (χ4n) is 4.11. The molecule has 0 unspecified atom stereocenters. The normalized spacial score (nSPS) is 22.0. The van der Waals surface area contributed by atoms with Gasteiger partial charge in [-0.2, -0.15) is 0 Å².